The van der Waals surface area contributed by atoms with Crippen LogP contribution in [-0.4, -0.2) is 30.7 Å². The first-order valence-corrected chi connectivity index (χ1v) is 5.13. The molecule has 0 fully saturated rings. The number of aliphatic hydroxyl groups is 1. The third-order valence-electron chi connectivity index (χ3n) is 2.40. The molecule has 1 aromatic carbocycles. The van der Waals surface area contributed by atoms with Gasteiger partial charge < -0.3 is 25.1 Å². The second kappa shape index (κ2) is 4.59. The van der Waals surface area contributed by atoms with E-state index >= 15 is 0 Å². The minimum absolute atomic E-state index is 0.119. The predicted octanol–water partition coefficient (Wildman–Crippen LogP) is 0.502. The number of rotatable bonds is 4. The Labute approximate surface area is 93.7 Å². The summed E-state index contributed by atoms with van der Waals surface area (Å²) in [5, 5.41) is 9.09. The molecule has 2 unspecified atom stereocenters. The van der Waals surface area contributed by atoms with Gasteiger partial charge in [-0.25, -0.2) is 0 Å². The topological polar surface area (TPSA) is 73.9 Å². The Morgan fingerprint density at radius 1 is 1.44 bits per heavy atom. The van der Waals surface area contributed by atoms with Gasteiger partial charge in [0, 0.05) is 12.1 Å². The lowest BCUT2D eigenvalue weighted by Crippen LogP contribution is -2.39. The summed E-state index contributed by atoms with van der Waals surface area (Å²) in [5.74, 6) is 1.97. The van der Waals surface area contributed by atoms with E-state index in [2.05, 4.69) is 0 Å². The number of hydrogen-bond acceptors (Lipinski definition) is 5. The van der Waals surface area contributed by atoms with E-state index in [4.69, 9.17) is 25.1 Å². The molecule has 2 atom stereocenters. The van der Waals surface area contributed by atoms with Gasteiger partial charge >= 0.3 is 0 Å². The van der Waals surface area contributed by atoms with E-state index in [9.17, 15) is 0 Å². The molecule has 2 rings (SSSR count). The largest absolute Gasteiger partial charge is 0.486 e. The maximum Gasteiger partial charge on any atom is 0.231 e. The highest BCUT2D eigenvalue weighted by atomic mass is 16.7. The molecular weight excluding hydrogens is 210 g/mol. The van der Waals surface area contributed by atoms with Crippen molar-refractivity contribution in [1.82, 2.24) is 0 Å². The lowest BCUT2D eigenvalue weighted by atomic mass is 10.2. The van der Waals surface area contributed by atoms with Crippen molar-refractivity contribution in [2.45, 2.75) is 19.1 Å². The molecule has 0 spiro atoms. The predicted molar refractivity (Wildman–Crippen MR) is 57.7 cm³/mol. The van der Waals surface area contributed by atoms with Crippen molar-refractivity contribution in [2.75, 3.05) is 13.4 Å². The Bertz CT molecular complexity index is 367. The van der Waals surface area contributed by atoms with Crippen molar-refractivity contribution >= 4 is 0 Å². The summed E-state index contributed by atoms with van der Waals surface area (Å²) in [5.41, 5.74) is 5.67. The van der Waals surface area contributed by atoms with Crippen molar-refractivity contribution in [3.63, 3.8) is 0 Å². The summed E-state index contributed by atoms with van der Waals surface area (Å²) < 4.78 is 15.9. The number of benzene rings is 1. The van der Waals surface area contributed by atoms with Crippen molar-refractivity contribution in [3.05, 3.63) is 18.2 Å². The van der Waals surface area contributed by atoms with Gasteiger partial charge in [0.15, 0.2) is 11.5 Å². The van der Waals surface area contributed by atoms with E-state index in [-0.39, 0.29) is 19.4 Å². The maximum atomic E-state index is 9.09. The summed E-state index contributed by atoms with van der Waals surface area (Å²) in [6.45, 7) is 1.90. The van der Waals surface area contributed by atoms with E-state index in [0.29, 0.717) is 17.2 Å². The Hall–Kier alpha value is -1.46. The second-order valence-electron chi connectivity index (χ2n) is 3.71. The number of fused-ring (bicyclic) bond motifs is 1. The molecule has 1 aliphatic rings. The third-order valence-corrected chi connectivity index (χ3v) is 2.40. The standard InChI is InChI=1S/C11H15NO4/c1-7(12)11(5-13)16-8-2-3-9-10(4-8)15-6-14-9/h2-4,7,11,13H,5-6,12H2,1H3. The Morgan fingerprint density at radius 3 is 2.88 bits per heavy atom. The SMILES string of the molecule is CC(N)C(CO)Oc1ccc2c(c1)OCO2. The minimum atomic E-state index is -0.416. The maximum absolute atomic E-state index is 9.09. The molecule has 16 heavy (non-hydrogen) atoms. The molecule has 0 aliphatic carbocycles. The molecule has 0 saturated heterocycles. The molecule has 0 aromatic heterocycles. The molecule has 1 heterocycles. The molecule has 0 bridgehead atoms. The fourth-order valence-electron chi connectivity index (χ4n) is 1.44. The van der Waals surface area contributed by atoms with Crippen molar-refractivity contribution in [3.8, 4) is 17.2 Å². The first-order valence-electron chi connectivity index (χ1n) is 5.13. The van der Waals surface area contributed by atoms with Crippen LogP contribution in [0.2, 0.25) is 0 Å². The van der Waals surface area contributed by atoms with Crippen LogP contribution in [0.5, 0.6) is 17.2 Å². The van der Waals surface area contributed by atoms with Crippen molar-refractivity contribution in [1.29, 1.82) is 0 Å². The molecule has 5 heteroatoms. The monoisotopic (exact) mass is 225 g/mol. The van der Waals surface area contributed by atoms with Crippen LogP contribution in [-0.2, 0) is 0 Å². The van der Waals surface area contributed by atoms with Gasteiger partial charge in [-0.3, -0.25) is 0 Å². The van der Waals surface area contributed by atoms with Gasteiger partial charge in [0.2, 0.25) is 6.79 Å². The molecule has 1 aromatic rings. The van der Waals surface area contributed by atoms with E-state index in [1.165, 1.54) is 0 Å². The Morgan fingerprint density at radius 2 is 2.19 bits per heavy atom. The first-order chi connectivity index (χ1) is 7.70. The molecule has 88 valence electrons. The van der Waals surface area contributed by atoms with Crippen molar-refractivity contribution < 1.29 is 19.3 Å². The lowest BCUT2D eigenvalue weighted by Gasteiger charge is -2.20. The number of nitrogens with two attached hydrogens (primary N) is 1. The molecule has 0 amide bonds. The van der Waals surface area contributed by atoms with Crippen LogP contribution in [0.3, 0.4) is 0 Å². The van der Waals surface area contributed by atoms with Gasteiger partial charge in [0.05, 0.1) is 6.61 Å². The van der Waals surface area contributed by atoms with Gasteiger partial charge in [-0.1, -0.05) is 0 Å². The lowest BCUT2D eigenvalue weighted by molar-refractivity contribution is 0.0988. The number of ether oxygens (including phenoxy) is 3. The van der Waals surface area contributed by atoms with E-state index < -0.39 is 6.10 Å². The molecular formula is C11H15NO4. The zero-order valence-corrected chi connectivity index (χ0v) is 9.05. The van der Waals surface area contributed by atoms with Gasteiger partial charge in [-0.15, -0.1) is 0 Å². The summed E-state index contributed by atoms with van der Waals surface area (Å²) in [4.78, 5) is 0. The molecule has 3 N–H and O–H groups in total. The van der Waals surface area contributed by atoms with Crippen LogP contribution < -0.4 is 19.9 Å². The number of aliphatic hydroxyl groups excluding tert-OH is 1. The fraction of sp³-hybridized carbons (Fsp3) is 0.455. The van der Waals surface area contributed by atoms with Crippen LogP contribution >= 0.6 is 0 Å². The average molecular weight is 225 g/mol. The summed E-state index contributed by atoms with van der Waals surface area (Å²) in [6, 6.07) is 5.02. The zero-order valence-electron chi connectivity index (χ0n) is 9.05. The van der Waals surface area contributed by atoms with Crippen LogP contribution in [0.15, 0.2) is 18.2 Å². The highest BCUT2D eigenvalue weighted by Gasteiger charge is 2.17. The fourth-order valence-corrected chi connectivity index (χ4v) is 1.44. The Kier molecular flexibility index (Phi) is 3.17. The molecule has 0 saturated carbocycles. The average Bonchev–Trinajstić information content (AvgIpc) is 2.72. The Balaban J connectivity index is 2.10. The van der Waals surface area contributed by atoms with Crippen LogP contribution in [0.25, 0.3) is 0 Å². The van der Waals surface area contributed by atoms with E-state index in [0.717, 1.165) is 0 Å². The van der Waals surface area contributed by atoms with Crippen LogP contribution in [0.4, 0.5) is 0 Å². The van der Waals surface area contributed by atoms with Gasteiger partial charge in [0.25, 0.3) is 0 Å². The van der Waals surface area contributed by atoms with E-state index in [1.807, 2.05) is 0 Å². The van der Waals surface area contributed by atoms with Gasteiger partial charge in [0.1, 0.15) is 11.9 Å². The van der Waals surface area contributed by atoms with Gasteiger partial charge in [-0.2, -0.15) is 0 Å². The van der Waals surface area contributed by atoms with Gasteiger partial charge in [-0.05, 0) is 19.1 Å². The number of hydrogen-bond donors (Lipinski definition) is 2. The third kappa shape index (κ3) is 2.20. The normalized spacial score (nSPS) is 16.9. The molecule has 5 nitrogen and oxygen atoms in total. The van der Waals surface area contributed by atoms with Crippen LogP contribution in [0, 0.1) is 0 Å². The minimum Gasteiger partial charge on any atom is -0.486 e. The summed E-state index contributed by atoms with van der Waals surface area (Å²) in [6.07, 6.45) is -0.416. The molecule has 1 aliphatic heterocycles. The van der Waals surface area contributed by atoms with Crippen LogP contribution in [0.1, 0.15) is 6.92 Å². The zero-order chi connectivity index (χ0) is 11.5. The highest BCUT2D eigenvalue weighted by molar-refractivity contribution is 5.46. The summed E-state index contributed by atoms with van der Waals surface area (Å²) in [7, 11) is 0. The smallest absolute Gasteiger partial charge is 0.231 e. The molecule has 0 radical (unpaired) electrons. The first kappa shape index (κ1) is 11.0. The van der Waals surface area contributed by atoms with E-state index in [1.54, 1.807) is 25.1 Å². The summed E-state index contributed by atoms with van der Waals surface area (Å²) >= 11 is 0. The van der Waals surface area contributed by atoms with Crippen molar-refractivity contribution in [2.24, 2.45) is 5.73 Å². The quantitative estimate of drug-likeness (QED) is 0.780. The second-order valence-corrected chi connectivity index (χ2v) is 3.71. The highest BCUT2D eigenvalue weighted by Crippen LogP contribution is 2.35.